The zero-order valence-electron chi connectivity index (χ0n) is 12.5. The summed E-state index contributed by atoms with van der Waals surface area (Å²) in [4.78, 5) is 29.4. The van der Waals surface area contributed by atoms with Crippen molar-refractivity contribution in [1.82, 2.24) is 29.5 Å². The quantitative estimate of drug-likeness (QED) is 0.454. The molecule has 0 radical (unpaired) electrons. The predicted octanol–water partition coefficient (Wildman–Crippen LogP) is 2.17. The minimum Gasteiger partial charge on any atom is -0.271 e. The number of rotatable bonds is 4. The standard InChI is InChI=1S/C16H12N6OS/c23-13-9-12(10-24-16-17-7-4-8-18-16)19-15-20-14(21-22(13)15)11-5-2-1-3-6-11/h1-9H,10H2,(H,19,20,21). The molecular formula is C16H12N6OS. The Morgan fingerprint density at radius 3 is 2.62 bits per heavy atom. The second-order valence-corrected chi connectivity index (χ2v) is 5.92. The summed E-state index contributed by atoms with van der Waals surface area (Å²) in [5.74, 6) is 1.46. The summed E-state index contributed by atoms with van der Waals surface area (Å²) in [6.07, 6.45) is 3.36. The number of thioether (sulfide) groups is 1. The van der Waals surface area contributed by atoms with Crippen molar-refractivity contribution in [1.29, 1.82) is 0 Å². The highest BCUT2D eigenvalue weighted by Crippen LogP contribution is 2.17. The molecule has 0 aliphatic rings. The lowest BCUT2D eigenvalue weighted by Gasteiger charge is -1.99. The van der Waals surface area contributed by atoms with Gasteiger partial charge in [-0.15, -0.1) is 0 Å². The molecule has 1 N–H and O–H groups in total. The van der Waals surface area contributed by atoms with Crippen LogP contribution in [0.25, 0.3) is 17.2 Å². The smallest absolute Gasteiger partial charge is 0.271 e. The lowest BCUT2D eigenvalue weighted by atomic mass is 10.2. The molecule has 0 spiro atoms. The summed E-state index contributed by atoms with van der Waals surface area (Å²) in [6.45, 7) is 0. The van der Waals surface area contributed by atoms with Crippen molar-refractivity contribution in [3.05, 3.63) is 70.9 Å². The predicted molar refractivity (Wildman–Crippen MR) is 90.6 cm³/mol. The number of nitrogens with zero attached hydrogens (tertiary/aromatic N) is 5. The molecule has 0 fully saturated rings. The van der Waals surface area contributed by atoms with Crippen LogP contribution in [0, 0.1) is 0 Å². The maximum atomic E-state index is 12.3. The third kappa shape index (κ3) is 2.91. The third-order valence-corrected chi connectivity index (χ3v) is 4.23. The largest absolute Gasteiger partial charge is 0.274 e. The normalized spacial score (nSPS) is 11.0. The van der Waals surface area contributed by atoms with Gasteiger partial charge in [-0.2, -0.15) is 9.50 Å². The van der Waals surface area contributed by atoms with Gasteiger partial charge >= 0.3 is 0 Å². The van der Waals surface area contributed by atoms with Crippen LogP contribution in [0.5, 0.6) is 0 Å². The molecule has 4 rings (SSSR count). The van der Waals surface area contributed by atoms with E-state index in [0.29, 0.717) is 28.2 Å². The van der Waals surface area contributed by atoms with E-state index >= 15 is 0 Å². The minimum atomic E-state index is -0.195. The molecule has 0 aliphatic heterocycles. The molecule has 0 saturated heterocycles. The van der Waals surface area contributed by atoms with Crippen molar-refractivity contribution >= 4 is 17.5 Å². The Bertz CT molecular complexity index is 1030. The topological polar surface area (TPSA) is 88.8 Å². The third-order valence-electron chi connectivity index (χ3n) is 3.32. The van der Waals surface area contributed by atoms with Crippen molar-refractivity contribution < 1.29 is 0 Å². The Morgan fingerprint density at radius 2 is 1.83 bits per heavy atom. The first-order valence-electron chi connectivity index (χ1n) is 7.23. The number of aromatic amines is 1. The lowest BCUT2D eigenvalue weighted by molar-refractivity contribution is 0.889. The van der Waals surface area contributed by atoms with Gasteiger partial charge in [0.15, 0.2) is 11.0 Å². The molecule has 0 bridgehead atoms. The van der Waals surface area contributed by atoms with Gasteiger partial charge in [-0.05, 0) is 6.07 Å². The first-order chi connectivity index (χ1) is 11.8. The van der Waals surface area contributed by atoms with E-state index < -0.39 is 0 Å². The molecule has 24 heavy (non-hydrogen) atoms. The van der Waals surface area contributed by atoms with E-state index in [9.17, 15) is 4.79 Å². The maximum absolute atomic E-state index is 12.3. The molecule has 7 nitrogen and oxygen atoms in total. The molecule has 0 amide bonds. The van der Waals surface area contributed by atoms with Gasteiger partial charge in [0.2, 0.25) is 0 Å². The van der Waals surface area contributed by atoms with Gasteiger partial charge in [-0.25, -0.2) is 15.0 Å². The van der Waals surface area contributed by atoms with E-state index in [2.05, 4.69) is 25.0 Å². The van der Waals surface area contributed by atoms with Gasteiger partial charge in [0, 0.05) is 29.8 Å². The van der Waals surface area contributed by atoms with Gasteiger partial charge in [0.25, 0.3) is 11.3 Å². The second-order valence-electron chi connectivity index (χ2n) is 4.98. The fraction of sp³-hybridized carbons (Fsp3) is 0.0625. The Morgan fingerprint density at radius 1 is 1.04 bits per heavy atom. The maximum Gasteiger partial charge on any atom is 0.274 e. The Balaban J connectivity index is 1.66. The first-order valence-corrected chi connectivity index (χ1v) is 8.22. The Labute approximate surface area is 140 Å². The highest BCUT2D eigenvalue weighted by molar-refractivity contribution is 7.98. The van der Waals surface area contributed by atoms with E-state index in [0.717, 1.165) is 5.56 Å². The summed E-state index contributed by atoms with van der Waals surface area (Å²) in [7, 11) is 0. The van der Waals surface area contributed by atoms with Gasteiger partial charge in [0.05, 0.1) is 5.69 Å². The number of H-pyrrole nitrogens is 1. The molecule has 0 unspecified atom stereocenters. The van der Waals surface area contributed by atoms with Crippen LogP contribution in [0.3, 0.4) is 0 Å². The fourth-order valence-corrected chi connectivity index (χ4v) is 2.92. The van der Waals surface area contributed by atoms with Crippen LogP contribution in [0.15, 0.2) is 64.8 Å². The fourth-order valence-electron chi connectivity index (χ4n) is 2.22. The summed E-state index contributed by atoms with van der Waals surface area (Å²) in [5, 5.41) is 3.63. The van der Waals surface area contributed by atoms with E-state index in [1.807, 2.05) is 30.3 Å². The molecule has 4 aromatic rings. The zero-order valence-corrected chi connectivity index (χ0v) is 13.3. The van der Waals surface area contributed by atoms with Crippen LogP contribution in [0.1, 0.15) is 5.69 Å². The highest BCUT2D eigenvalue weighted by Gasteiger charge is 2.10. The van der Waals surface area contributed by atoms with Crippen molar-refractivity contribution in [2.24, 2.45) is 0 Å². The minimum absolute atomic E-state index is 0.195. The molecule has 118 valence electrons. The molecule has 3 heterocycles. The highest BCUT2D eigenvalue weighted by atomic mass is 32.2. The van der Waals surface area contributed by atoms with Crippen LogP contribution in [0.4, 0.5) is 0 Å². The summed E-state index contributed by atoms with van der Waals surface area (Å²) >= 11 is 1.42. The second kappa shape index (κ2) is 6.25. The summed E-state index contributed by atoms with van der Waals surface area (Å²) in [5.41, 5.74) is 1.35. The van der Waals surface area contributed by atoms with Crippen molar-refractivity contribution in [3.63, 3.8) is 0 Å². The Hall–Kier alpha value is -3.00. The number of hydrogen-bond donors (Lipinski definition) is 1. The van der Waals surface area contributed by atoms with Gasteiger partial charge in [-0.1, -0.05) is 42.1 Å². The number of nitrogens with one attached hydrogen (secondary N) is 1. The molecule has 0 saturated carbocycles. The van der Waals surface area contributed by atoms with E-state index in [1.165, 1.54) is 22.3 Å². The SMILES string of the molecule is O=c1cc(CSc2ncccn2)nc2nc(-c3ccccc3)[nH]n12. The average molecular weight is 336 g/mol. The van der Waals surface area contributed by atoms with Gasteiger partial charge < -0.3 is 0 Å². The zero-order chi connectivity index (χ0) is 16.4. The monoisotopic (exact) mass is 336 g/mol. The van der Waals surface area contributed by atoms with E-state index in [1.54, 1.807) is 18.5 Å². The van der Waals surface area contributed by atoms with Gasteiger partial charge in [-0.3, -0.25) is 9.89 Å². The molecule has 0 atom stereocenters. The number of fused-ring (bicyclic) bond motifs is 1. The number of aromatic nitrogens is 6. The number of hydrogen-bond acceptors (Lipinski definition) is 6. The van der Waals surface area contributed by atoms with Crippen molar-refractivity contribution in [3.8, 4) is 11.4 Å². The molecular weight excluding hydrogens is 324 g/mol. The summed E-state index contributed by atoms with van der Waals surface area (Å²) in [6, 6.07) is 12.9. The van der Waals surface area contributed by atoms with E-state index in [4.69, 9.17) is 0 Å². The van der Waals surface area contributed by atoms with Crippen LogP contribution in [-0.4, -0.2) is 29.5 Å². The molecule has 1 aromatic carbocycles. The van der Waals surface area contributed by atoms with Crippen molar-refractivity contribution in [2.75, 3.05) is 0 Å². The molecule has 3 aromatic heterocycles. The van der Waals surface area contributed by atoms with Crippen LogP contribution in [0.2, 0.25) is 0 Å². The molecule has 8 heteroatoms. The van der Waals surface area contributed by atoms with Gasteiger partial charge in [0.1, 0.15) is 0 Å². The summed E-state index contributed by atoms with van der Waals surface area (Å²) < 4.78 is 1.34. The number of benzene rings is 1. The Kier molecular flexibility index (Phi) is 3.80. The van der Waals surface area contributed by atoms with Crippen LogP contribution >= 0.6 is 11.8 Å². The lowest BCUT2D eigenvalue weighted by Crippen LogP contribution is -2.15. The average Bonchev–Trinajstić information content (AvgIpc) is 3.06. The van der Waals surface area contributed by atoms with Crippen LogP contribution in [-0.2, 0) is 5.75 Å². The van der Waals surface area contributed by atoms with E-state index in [-0.39, 0.29) is 5.56 Å². The first kappa shape index (κ1) is 14.6. The van der Waals surface area contributed by atoms with Crippen LogP contribution < -0.4 is 5.56 Å². The molecule has 0 aliphatic carbocycles. The van der Waals surface area contributed by atoms with Crippen molar-refractivity contribution in [2.45, 2.75) is 10.9 Å².